The third kappa shape index (κ3) is 3.71. The molecule has 0 aliphatic heterocycles. The fraction of sp³-hybridized carbons (Fsp3) is 0.417. The quantitative estimate of drug-likeness (QED) is 0.865. The normalized spacial score (nSPS) is 12.0. The maximum Gasteiger partial charge on any atom is 0.260 e. The molecule has 1 unspecified atom stereocenters. The lowest BCUT2D eigenvalue weighted by molar-refractivity contribution is -0.126. The summed E-state index contributed by atoms with van der Waals surface area (Å²) in [6, 6.07) is 5.75. The first-order valence-corrected chi connectivity index (χ1v) is 6.25. The molecule has 1 rings (SSSR count). The molecule has 4 nitrogen and oxygen atoms in total. The van der Waals surface area contributed by atoms with Gasteiger partial charge in [-0.3, -0.25) is 4.79 Å². The molecule has 1 aromatic rings. The molecule has 0 saturated carbocycles. The van der Waals surface area contributed by atoms with Crippen LogP contribution in [0.15, 0.2) is 22.7 Å². The van der Waals surface area contributed by atoms with Gasteiger partial charge in [0.05, 0.1) is 4.47 Å². The second-order valence-electron chi connectivity index (χ2n) is 3.64. The standard InChI is InChI=1S/C12H17BrN2O2/c1-8(12(16)15-2)17-11-9(6-7-14)4-3-5-10(11)13/h3-5,8H,6-7,14H2,1-2H3,(H,15,16). The zero-order valence-electron chi connectivity index (χ0n) is 10.00. The van der Waals surface area contributed by atoms with E-state index in [1.165, 1.54) is 0 Å². The van der Waals surface area contributed by atoms with Crippen molar-refractivity contribution in [3.05, 3.63) is 28.2 Å². The molecule has 0 radical (unpaired) electrons. The van der Waals surface area contributed by atoms with E-state index in [9.17, 15) is 4.79 Å². The van der Waals surface area contributed by atoms with Gasteiger partial charge in [0.2, 0.25) is 0 Å². The van der Waals surface area contributed by atoms with Crippen LogP contribution in [-0.2, 0) is 11.2 Å². The second-order valence-corrected chi connectivity index (χ2v) is 4.50. The zero-order valence-corrected chi connectivity index (χ0v) is 11.6. The molecule has 0 aromatic heterocycles. The van der Waals surface area contributed by atoms with Crippen molar-refractivity contribution in [3.63, 3.8) is 0 Å². The smallest absolute Gasteiger partial charge is 0.260 e. The summed E-state index contributed by atoms with van der Waals surface area (Å²) in [7, 11) is 1.59. The van der Waals surface area contributed by atoms with Crippen molar-refractivity contribution in [2.24, 2.45) is 5.73 Å². The maximum absolute atomic E-state index is 11.4. The van der Waals surface area contributed by atoms with E-state index in [1.807, 2.05) is 18.2 Å². The number of carbonyl (C=O) groups is 1. The van der Waals surface area contributed by atoms with E-state index in [0.717, 1.165) is 16.5 Å². The number of hydrogen-bond donors (Lipinski definition) is 2. The Hall–Kier alpha value is -1.07. The first kappa shape index (κ1) is 14.0. The van der Waals surface area contributed by atoms with Crippen molar-refractivity contribution in [1.29, 1.82) is 0 Å². The van der Waals surface area contributed by atoms with Gasteiger partial charge in [0, 0.05) is 7.05 Å². The Morgan fingerprint density at radius 3 is 2.88 bits per heavy atom. The van der Waals surface area contributed by atoms with Crippen molar-refractivity contribution in [1.82, 2.24) is 5.32 Å². The predicted molar refractivity (Wildman–Crippen MR) is 71.1 cm³/mol. The average molecular weight is 301 g/mol. The maximum atomic E-state index is 11.4. The van der Waals surface area contributed by atoms with Gasteiger partial charge < -0.3 is 15.8 Å². The molecule has 5 heteroatoms. The number of ether oxygens (including phenoxy) is 1. The number of amides is 1. The number of rotatable bonds is 5. The Kier molecular flexibility index (Phi) is 5.44. The summed E-state index contributed by atoms with van der Waals surface area (Å²) >= 11 is 3.42. The highest BCUT2D eigenvalue weighted by Gasteiger charge is 2.16. The Morgan fingerprint density at radius 2 is 2.29 bits per heavy atom. The summed E-state index contributed by atoms with van der Waals surface area (Å²) in [6.07, 6.45) is 0.185. The molecule has 17 heavy (non-hydrogen) atoms. The van der Waals surface area contributed by atoms with Crippen LogP contribution in [0.1, 0.15) is 12.5 Å². The number of nitrogens with two attached hydrogens (primary N) is 1. The van der Waals surface area contributed by atoms with Crippen LogP contribution >= 0.6 is 15.9 Å². The van der Waals surface area contributed by atoms with Gasteiger partial charge in [0.25, 0.3) is 5.91 Å². The minimum absolute atomic E-state index is 0.153. The molecular weight excluding hydrogens is 284 g/mol. The molecule has 0 heterocycles. The van der Waals surface area contributed by atoms with Crippen LogP contribution in [0.25, 0.3) is 0 Å². The van der Waals surface area contributed by atoms with Crippen molar-refractivity contribution >= 4 is 21.8 Å². The third-order valence-corrected chi connectivity index (χ3v) is 3.00. The van der Waals surface area contributed by atoms with Gasteiger partial charge in [0.15, 0.2) is 6.10 Å². The fourth-order valence-electron chi connectivity index (χ4n) is 1.47. The number of carbonyl (C=O) groups excluding carboxylic acids is 1. The number of para-hydroxylation sites is 1. The minimum Gasteiger partial charge on any atom is -0.479 e. The summed E-state index contributed by atoms with van der Waals surface area (Å²) in [5.41, 5.74) is 6.54. The summed E-state index contributed by atoms with van der Waals surface area (Å²) in [5.74, 6) is 0.536. The predicted octanol–water partition coefficient (Wildman–Crippen LogP) is 1.46. The number of nitrogens with one attached hydrogen (secondary N) is 1. The number of benzene rings is 1. The molecule has 1 aromatic carbocycles. The van der Waals surface area contributed by atoms with Crippen molar-refractivity contribution in [2.45, 2.75) is 19.4 Å². The van der Waals surface area contributed by atoms with Crippen molar-refractivity contribution < 1.29 is 9.53 Å². The number of hydrogen-bond acceptors (Lipinski definition) is 3. The van der Waals surface area contributed by atoms with Crippen LogP contribution in [0.2, 0.25) is 0 Å². The first-order chi connectivity index (χ1) is 8.10. The Bertz CT molecular complexity index is 396. The Morgan fingerprint density at radius 1 is 1.59 bits per heavy atom. The molecule has 94 valence electrons. The van der Waals surface area contributed by atoms with Gasteiger partial charge in [-0.15, -0.1) is 0 Å². The van der Waals surface area contributed by atoms with Crippen LogP contribution in [0.5, 0.6) is 5.75 Å². The van der Waals surface area contributed by atoms with Crippen LogP contribution in [0.3, 0.4) is 0 Å². The van der Waals surface area contributed by atoms with Crippen LogP contribution in [0.4, 0.5) is 0 Å². The van der Waals surface area contributed by atoms with Crippen molar-refractivity contribution in [3.8, 4) is 5.75 Å². The monoisotopic (exact) mass is 300 g/mol. The SMILES string of the molecule is CNC(=O)C(C)Oc1c(Br)cccc1CCN. The van der Waals surface area contributed by atoms with Gasteiger partial charge in [0.1, 0.15) is 5.75 Å². The van der Waals surface area contributed by atoms with Gasteiger partial charge >= 0.3 is 0 Å². The highest BCUT2D eigenvalue weighted by Crippen LogP contribution is 2.30. The van der Waals surface area contributed by atoms with E-state index in [-0.39, 0.29) is 5.91 Å². The molecule has 0 spiro atoms. The lowest BCUT2D eigenvalue weighted by Gasteiger charge is -2.17. The summed E-state index contributed by atoms with van der Waals surface area (Å²) < 4.78 is 6.50. The van der Waals surface area contributed by atoms with E-state index in [0.29, 0.717) is 12.3 Å². The molecule has 0 aliphatic rings. The lowest BCUT2D eigenvalue weighted by atomic mass is 10.1. The summed E-state index contributed by atoms with van der Waals surface area (Å²) in [4.78, 5) is 11.4. The highest BCUT2D eigenvalue weighted by atomic mass is 79.9. The molecule has 1 atom stereocenters. The van der Waals surface area contributed by atoms with E-state index in [2.05, 4.69) is 21.2 Å². The highest BCUT2D eigenvalue weighted by molar-refractivity contribution is 9.10. The molecule has 0 bridgehead atoms. The molecule has 1 amide bonds. The van der Waals surface area contributed by atoms with Crippen molar-refractivity contribution in [2.75, 3.05) is 13.6 Å². The largest absolute Gasteiger partial charge is 0.479 e. The Balaban J connectivity index is 2.92. The molecule has 0 saturated heterocycles. The second kappa shape index (κ2) is 6.61. The van der Waals surface area contributed by atoms with Gasteiger partial charge in [-0.1, -0.05) is 12.1 Å². The van der Waals surface area contributed by atoms with E-state index in [4.69, 9.17) is 10.5 Å². The van der Waals surface area contributed by atoms with Gasteiger partial charge in [-0.25, -0.2) is 0 Å². The fourth-order valence-corrected chi connectivity index (χ4v) is 1.97. The van der Waals surface area contributed by atoms with E-state index < -0.39 is 6.10 Å². The van der Waals surface area contributed by atoms with Crippen LogP contribution in [0, 0.1) is 0 Å². The van der Waals surface area contributed by atoms with E-state index in [1.54, 1.807) is 14.0 Å². The summed E-state index contributed by atoms with van der Waals surface area (Å²) in [6.45, 7) is 2.26. The average Bonchev–Trinajstić information content (AvgIpc) is 2.32. The van der Waals surface area contributed by atoms with Crippen LogP contribution in [-0.4, -0.2) is 25.6 Å². The van der Waals surface area contributed by atoms with Gasteiger partial charge in [-0.05, 0) is 47.4 Å². The molecule has 3 N–H and O–H groups in total. The minimum atomic E-state index is -0.532. The summed E-state index contributed by atoms with van der Waals surface area (Å²) in [5, 5.41) is 2.55. The van der Waals surface area contributed by atoms with Gasteiger partial charge in [-0.2, -0.15) is 0 Å². The zero-order chi connectivity index (χ0) is 12.8. The Labute approximate surface area is 110 Å². The number of likely N-dealkylation sites (N-methyl/N-ethyl adjacent to an activating group) is 1. The number of halogens is 1. The first-order valence-electron chi connectivity index (χ1n) is 5.45. The topological polar surface area (TPSA) is 64.3 Å². The lowest BCUT2D eigenvalue weighted by Crippen LogP contribution is -2.34. The molecular formula is C12H17BrN2O2. The third-order valence-electron chi connectivity index (χ3n) is 2.37. The molecule has 0 fully saturated rings. The van der Waals surface area contributed by atoms with Crippen LogP contribution < -0.4 is 15.8 Å². The molecule has 0 aliphatic carbocycles. The van der Waals surface area contributed by atoms with E-state index >= 15 is 0 Å².